The van der Waals surface area contributed by atoms with Gasteiger partial charge in [-0.2, -0.15) is 0 Å². The third-order valence-corrected chi connectivity index (χ3v) is 3.06. The predicted molar refractivity (Wildman–Crippen MR) is 82.1 cm³/mol. The van der Waals surface area contributed by atoms with Gasteiger partial charge in [-0.05, 0) is 43.5 Å². The molecule has 2 unspecified atom stereocenters. The predicted octanol–water partition coefficient (Wildman–Crippen LogP) is 2.08. The first-order chi connectivity index (χ1) is 10.3. The molecule has 22 heavy (non-hydrogen) atoms. The second-order valence-corrected chi connectivity index (χ2v) is 5.46. The summed E-state index contributed by atoms with van der Waals surface area (Å²) in [6.07, 6.45) is -0.418. The molecular formula is C16H23NO5. The number of ether oxygens (including phenoxy) is 2. The SMILES string of the molecule is COc1ccc(OC(C)C(=O)NC(CC(C)C)C(=O)O)cc1. The van der Waals surface area contributed by atoms with E-state index in [0.29, 0.717) is 17.9 Å². The van der Waals surface area contributed by atoms with Crippen molar-refractivity contribution in [2.24, 2.45) is 5.92 Å². The second kappa shape index (κ2) is 8.26. The zero-order valence-corrected chi connectivity index (χ0v) is 13.3. The Morgan fingerprint density at radius 1 is 1.14 bits per heavy atom. The molecule has 0 aliphatic carbocycles. The lowest BCUT2D eigenvalue weighted by Crippen LogP contribution is -2.46. The van der Waals surface area contributed by atoms with Crippen LogP contribution < -0.4 is 14.8 Å². The molecule has 0 aliphatic rings. The van der Waals surface area contributed by atoms with Crippen LogP contribution in [0, 0.1) is 5.92 Å². The summed E-state index contributed by atoms with van der Waals surface area (Å²) in [6, 6.07) is 5.91. The maximum atomic E-state index is 12.0. The van der Waals surface area contributed by atoms with Crippen molar-refractivity contribution in [1.82, 2.24) is 5.32 Å². The summed E-state index contributed by atoms with van der Waals surface area (Å²) in [5, 5.41) is 11.6. The number of benzene rings is 1. The molecule has 6 heteroatoms. The molecular weight excluding hydrogens is 286 g/mol. The van der Waals surface area contributed by atoms with Gasteiger partial charge in [0.05, 0.1) is 7.11 Å². The molecule has 2 atom stereocenters. The van der Waals surface area contributed by atoms with Crippen molar-refractivity contribution >= 4 is 11.9 Å². The quantitative estimate of drug-likeness (QED) is 0.768. The Hall–Kier alpha value is -2.24. The molecule has 0 aromatic heterocycles. The zero-order chi connectivity index (χ0) is 16.7. The summed E-state index contributed by atoms with van der Waals surface area (Å²) < 4.78 is 10.5. The minimum absolute atomic E-state index is 0.166. The fraction of sp³-hybridized carbons (Fsp3) is 0.500. The van der Waals surface area contributed by atoms with E-state index in [1.807, 2.05) is 13.8 Å². The number of hydrogen-bond acceptors (Lipinski definition) is 4. The number of nitrogens with one attached hydrogen (secondary N) is 1. The van der Waals surface area contributed by atoms with Gasteiger partial charge in [0.15, 0.2) is 6.10 Å². The molecule has 122 valence electrons. The molecule has 0 saturated carbocycles. The molecule has 0 aliphatic heterocycles. The first-order valence-electron chi connectivity index (χ1n) is 7.17. The van der Waals surface area contributed by atoms with E-state index in [1.54, 1.807) is 38.3 Å². The van der Waals surface area contributed by atoms with Crippen molar-refractivity contribution in [3.05, 3.63) is 24.3 Å². The highest BCUT2D eigenvalue weighted by Gasteiger charge is 2.24. The van der Waals surface area contributed by atoms with Crippen molar-refractivity contribution in [1.29, 1.82) is 0 Å². The van der Waals surface area contributed by atoms with Crippen LogP contribution in [-0.4, -0.2) is 36.2 Å². The van der Waals surface area contributed by atoms with Gasteiger partial charge in [-0.25, -0.2) is 4.79 Å². The summed E-state index contributed by atoms with van der Waals surface area (Å²) in [5.74, 6) is -0.131. The van der Waals surface area contributed by atoms with Crippen LogP contribution in [0.1, 0.15) is 27.2 Å². The van der Waals surface area contributed by atoms with E-state index < -0.39 is 24.0 Å². The lowest BCUT2D eigenvalue weighted by atomic mass is 10.0. The highest BCUT2D eigenvalue weighted by molar-refractivity contribution is 5.86. The highest BCUT2D eigenvalue weighted by atomic mass is 16.5. The van der Waals surface area contributed by atoms with Crippen LogP contribution in [0.2, 0.25) is 0 Å². The van der Waals surface area contributed by atoms with E-state index in [0.717, 1.165) is 0 Å². The Kier molecular flexibility index (Phi) is 6.69. The van der Waals surface area contributed by atoms with Crippen molar-refractivity contribution < 1.29 is 24.2 Å². The monoisotopic (exact) mass is 309 g/mol. The average Bonchev–Trinajstić information content (AvgIpc) is 2.46. The van der Waals surface area contributed by atoms with Crippen LogP contribution in [-0.2, 0) is 9.59 Å². The van der Waals surface area contributed by atoms with Crippen molar-refractivity contribution in [3.63, 3.8) is 0 Å². The van der Waals surface area contributed by atoms with E-state index in [9.17, 15) is 9.59 Å². The zero-order valence-electron chi connectivity index (χ0n) is 13.3. The third-order valence-electron chi connectivity index (χ3n) is 3.06. The summed E-state index contributed by atoms with van der Waals surface area (Å²) in [7, 11) is 1.56. The molecule has 1 aromatic rings. The minimum atomic E-state index is -1.04. The first-order valence-corrected chi connectivity index (χ1v) is 7.17. The molecule has 0 saturated heterocycles. The number of carbonyl (C=O) groups is 2. The summed E-state index contributed by atoms with van der Waals surface area (Å²) in [6.45, 7) is 5.38. The molecule has 0 spiro atoms. The number of carboxylic acids is 1. The number of carbonyl (C=O) groups excluding carboxylic acids is 1. The van der Waals surface area contributed by atoms with Crippen LogP contribution in [0.5, 0.6) is 11.5 Å². The molecule has 1 rings (SSSR count). The Labute approximate surface area is 130 Å². The molecule has 0 fully saturated rings. The standard InChI is InChI=1S/C16H23NO5/c1-10(2)9-14(16(19)20)17-15(18)11(3)22-13-7-5-12(21-4)6-8-13/h5-8,10-11,14H,9H2,1-4H3,(H,17,18)(H,19,20). The fourth-order valence-corrected chi connectivity index (χ4v) is 1.89. The second-order valence-electron chi connectivity index (χ2n) is 5.46. The molecule has 1 aromatic carbocycles. The fourth-order valence-electron chi connectivity index (χ4n) is 1.89. The van der Waals surface area contributed by atoms with E-state index >= 15 is 0 Å². The largest absolute Gasteiger partial charge is 0.497 e. The first kappa shape index (κ1) is 17.8. The topological polar surface area (TPSA) is 84.9 Å². The minimum Gasteiger partial charge on any atom is -0.497 e. The molecule has 6 nitrogen and oxygen atoms in total. The van der Waals surface area contributed by atoms with Crippen LogP contribution >= 0.6 is 0 Å². The van der Waals surface area contributed by atoms with Crippen LogP contribution in [0.15, 0.2) is 24.3 Å². The van der Waals surface area contributed by atoms with E-state index in [4.69, 9.17) is 14.6 Å². The molecule has 0 radical (unpaired) electrons. The summed E-state index contributed by atoms with van der Waals surface area (Å²) >= 11 is 0. The summed E-state index contributed by atoms with van der Waals surface area (Å²) in [5.41, 5.74) is 0. The van der Waals surface area contributed by atoms with Gasteiger partial charge in [0, 0.05) is 0 Å². The Morgan fingerprint density at radius 2 is 1.68 bits per heavy atom. The molecule has 2 N–H and O–H groups in total. The van der Waals surface area contributed by atoms with Gasteiger partial charge in [0.1, 0.15) is 17.5 Å². The number of carboxylic acid groups (broad SMARTS) is 1. The lowest BCUT2D eigenvalue weighted by molar-refractivity contribution is -0.143. The number of methoxy groups -OCH3 is 1. The van der Waals surface area contributed by atoms with Gasteiger partial charge in [0.2, 0.25) is 0 Å². The van der Waals surface area contributed by atoms with E-state index in [-0.39, 0.29) is 5.92 Å². The van der Waals surface area contributed by atoms with Gasteiger partial charge in [0.25, 0.3) is 5.91 Å². The Morgan fingerprint density at radius 3 is 2.14 bits per heavy atom. The number of rotatable bonds is 8. The van der Waals surface area contributed by atoms with Gasteiger partial charge < -0.3 is 19.9 Å². The lowest BCUT2D eigenvalue weighted by Gasteiger charge is -2.20. The van der Waals surface area contributed by atoms with Crippen molar-refractivity contribution in [2.75, 3.05) is 7.11 Å². The van der Waals surface area contributed by atoms with E-state index in [2.05, 4.69) is 5.32 Å². The van der Waals surface area contributed by atoms with Crippen LogP contribution in [0.25, 0.3) is 0 Å². The maximum Gasteiger partial charge on any atom is 0.326 e. The maximum absolute atomic E-state index is 12.0. The Bertz CT molecular complexity index is 498. The third kappa shape index (κ3) is 5.63. The average molecular weight is 309 g/mol. The van der Waals surface area contributed by atoms with Gasteiger partial charge >= 0.3 is 5.97 Å². The number of aliphatic carboxylic acids is 1. The van der Waals surface area contributed by atoms with Crippen molar-refractivity contribution in [3.8, 4) is 11.5 Å². The van der Waals surface area contributed by atoms with Gasteiger partial charge in [-0.15, -0.1) is 0 Å². The van der Waals surface area contributed by atoms with Gasteiger partial charge in [-0.3, -0.25) is 4.79 Å². The van der Waals surface area contributed by atoms with Crippen LogP contribution in [0.4, 0.5) is 0 Å². The highest BCUT2D eigenvalue weighted by Crippen LogP contribution is 2.18. The van der Waals surface area contributed by atoms with Crippen molar-refractivity contribution in [2.45, 2.75) is 39.3 Å². The van der Waals surface area contributed by atoms with Crippen LogP contribution in [0.3, 0.4) is 0 Å². The number of amides is 1. The molecule has 1 amide bonds. The smallest absolute Gasteiger partial charge is 0.326 e. The van der Waals surface area contributed by atoms with Gasteiger partial charge in [-0.1, -0.05) is 13.8 Å². The van der Waals surface area contributed by atoms with E-state index in [1.165, 1.54) is 0 Å². The molecule has 0 heterocycles. The molecule has 0 bridgehead atoms. The normalized spacial score (nSPS) is 13.3. The number of hydrogen-bond donors (Lipinski definition) is 2. The Balaban J connectivity index is 2.61. The summed E-state index contributed by atoms with van der Waals surface area (Å²) in [4.78, 5) is 23.2.